The summed E-state index contributed by atoms with van der Waals surface area (Å²) in [4.78, 5) is 25.0. The monoisotopic (exact) mass is 492 g/mol. The van der Waals surface area contributed by atoms with Gasteiger partial charge in [-0.3, -0.25) is 9.59 Å². The molecule has 6 rings (SSSR count). The highest BCUT2D eigenvalue weighted by Gasteiger charge is 2.17. The van der Waals surface area contributed by atoms with Crippen molar-refractivity contribution in [3.8, 4) is 0 Å². The van der Waals surface area contributed by atoms with Gasteiger partial charge in [0.15, 0.2) is 5.43 Å². The Labute approximate surface area is 213 Å². The van der Waals surface area contributed by atoms with E-state index in [-0.39, 0.29) is 10.9 Å². The van der Waals surface area contributed by atoms with Crippen LogP contribution in [0.15, 0.2) is 98.9 Å². The average Bonchev–Trinajstić information content (AvgIpc) is 2.88. The molecule has 0 spiro atoms. The maximum Gasteiger partial charge on any atom is 0.200 e. The highest BCUT2D eigenvalue weighted by molar-refractivity contribution is 7.24. The maximum atomic E-state index is 13.0. The van der Waals surface area contributed by atoms with Crippen LogP contribution in [-0.4, -0.2) is 0 Å². The van der Waals surface area contributed by atoms with E-state index in [0.717, 1.165) is 20.2 Å². The first kappa shape index (κ1) is 24.0. The van der Waals surface area contributed by atoms with Crippen LogP contribution >= 0.6 is 11.3 Å². The number of rotatable bonds is 2. The van der Waals surface area contributed by atoms with E-state index in [1.165, 1.54) is 11.1 Å². The lowest BCUT2D eigenvalue weighted by molar-refractivity contribution is 0.660. The number of hydrogen-bond acceptors (Lipinski definition) is 4. The minimum Gasteiger partial charge on any atom is -0.456 e. The molecule has 0 aliphatic rings. The van der Waals surface area contributed by atoms with Gasteiger partial charge < -0.3 is 4.42 Å². The maximum absolute atomic E-state index is 13.0. The van der Waals surface area contributed by atoms with Crippen LogP contribution in [0.3, 0.4) is 0 Å². The van der Waals surface area contributed by atoms with Crippen LogP contribution in [0.5, 0.6) is 0 Å². The van der Waals surface area contributed by atoms with Crippen molar-refractivity contribution >= 4 is 53.4 Å². The van der Waals surface area contributed by atoms with Gasteiger partial charge in [0, 0.05) is 20.2 Å². The second-order valence-corrected chi connectivity index (χ2v) is 10.7. The Bertz CT molecular complexity index is 1780. The second-order valence-electron chi connectivity index (χ2n) is 9.60. The summed E-state index contributed by atoms with van der Waals surface area (Å²) in [5.41, 5.74) is 4.03. The van der Waals surface area contributed by atoms with Crippen molar-refractivity contribution in [3.05, 3.63) is 117 Å². The van der Waals surface area contributed by atoms with Crippen LogP contribution in [0.25, 0.3) is 42.1 Å². The van der Waals surface area contributed by atoms with Gasteiger partial charge >= 0.3 is 0 Å². The van der Waals surface area contributed by atoms with Gasteiger partial charge in [-0.15, -0.1) is 11.3 Å². The predicted octanol–water partition coefficient (Wildman–Crippen LogP) is 8.61. The molecule has 0 unspecified atom stereocenters. The highest BCUT2D eigenvalue weighted by Crippen LogP contribution is 2.35. The Balaban J connectivity index is 0.000000156. The van der Waals surface area contributed by atoms with E-state index in [2.05, 4.69) is 39.8 Å². The van der Waals surface area contributed by atoms with Crippen molar-refractivity contribution in [2.45, 2.75) is 39.5 Å². The molecule has 2 heterocycles. The van der Waals surface area contributed by atoms with Crippen molar-refractivity contribution in [2.75, 3.05) is 0 Å². The normalized spacial score (nSPS) is 11.5. The molecule has 0 bridgehead atoms. The van der Waals surface area contributed by atoms with Gasteiger partial charge in [-0.25, -0.2) is 0 Å². The minimum absolute atomic E-state index is 0.0347. The van der Waals surface area contributed by atoms with E-state index in [1.807, 2.05) is 60.7 Å². The van der Waals surface area contributed by atoms with E-state index in [9.17, 15) is 9.59 Å². The lowest BCUT2D eigenvalue weighted by Gasteiger charge is -2.18. The van der Waals surface area contributed by atoms with Crippen LogP contribution in [-0.2, 0) is 0 Å². The summed E-state index contributed by atoms with van der Waals surface area (Å²) in [6.07, 6.45) is 0. The lowest BCUT2D eigenvalue weighted by atomic mass is 9.88. The molecule has 4 heteroatoms. The Morgan fingerprint density at radius 2 is 1.14 bits per heavy atom. The van der Waals surface area contributed by atoms with Crippen LogP contribution in [0, 0.1) is 0 Å². The molecule has 0 radical (unpaired) electrons. The Kier molecular flexibility index (Phi) is 6.46. The van der Waals surface area contributed by atoms with E-state index in [0.29, 0.717) is 33.8 Å². The number of benzene rings is 4. The third-order valence-corrected chi connectivity index (χ3v) is 7.64. The zero-order chi connectivity index (χ0) is 25.4. The summed E-state index contributed by atoms with van der Waals surface area (Å²) in [7, 11) is 0. The predicted molar refractivity (Wildman–Crippen MR) is 154 cm³/mol. The highest BCUT2D eigenvalue weighted by atomic mass is 32.1. The first-order chi connectivity index (χ1) is 17.4. The van der Waals surface area contributed by atoms with Gasteiger partial charge in [0.25, 0.3) is 0 Å². The molecule has 4 aromatic carbocycles. The first-order valence-electron chi connectivity index (χ1n) is 12.3. The molecule has 0 amide bonds. The number of fused-ring (bicyclic) bond motifs is 4. The summed E-state index contributed by atoms with van der Waals surface area (Å²) in [6, 6.07) is 26.8. The van der Waals surface area contributed by atoms with Crippen LogP contribution in [0.1, 0.15) is 50.7 Å². The first-order valence-corrected chi connectivity index (χ1v) is 13.1. The standard InChI is InChI=1S/C19H20OS.C13H8O2/c1-11(2)13-9-10-16-18(17(13)12(3)4)19(20)14-7-5-6-8-15(14)21-16;14-13-9-5-1-3-7-11(9)15-12-8-4-2-6-10(12)13/h5-12H,1-4H3;1-8H. The third-order valence-electron chi connectivity index (χ3n) is 6.50. The molecule has 0 aliphatic heterocycles. The second kappa shape index (κ2) is 9.71. The SMILES string of the molecule is CC(C)c1ccc2sc3ccccc3c(=O)c2c1C(C)C.O=c1c2ccccc2oc2ccccc12. The topological polar surface area (TPSA) is 47.3 Å². The van der Waals surface area contributed by atoms with Gasteiger partial charge in [-0.2, -0.15) is 0 Å². The molecule has 180 valence electrons. The van der Waals surface area contributed by atoms with Crippen molar-refractivity contribution < 1.29 is 4.42 Å². The molecule has 0 atom stereocenters. The fourth-order valence-electron chi connectivity index (χ4n) is 4.81. The molecular weight excluding hydrogens is 464 g/mol. The quantitative estimate of drug-likeness (QED) is 0.227. The molecule has 6 aromatic rings. The molecular formula is C32H28O3S. The van der Waals surface area contributed by atoms with Gasteiger partial charge in [0.05, 0.1) is 10.8 Å². The lowest BCUT2D eigenvalue weighted by Crippen LogP contribution is -2.08. The Hall–Kier alpha value is -3.76. The average molecular weight is 493 g/mol. The zero-order valence-electron chi connectivity index (χ0n) is 20.9. The van der Waals surface area contributed by atoms with E-state index >= 15 is 0 Å². The summed E-state index contributed by atoms with van der Waals surface area (Å²) >= 11 is 1.72. The Morgan fingerprint density at radius 3 is 1.72 bits per heavy atom. The number of para-hydroxylation sites is 2. The third kappa shape index (κ3) is 4.22. The van der Waals surface area contributed by atoms with Gasteiger partial charge in [-0.05, 0) is 65.4 Å². The van der Waals surface area contributed by atoms with E-state index in [4.69, 9.17) is 4.42 Å². The Morgan fingerprint density at radius 1 is 0.583 bits per heavy atom. The van der Waals surface area contributed by atoms with Gasteiger partial charge in [0.1, 0.15) is 11.2 Å². The van der Waals surface area contributed by atoms with E-state index < -0.39 is 0 Å². The zero-order valence-corrected chi connectivity index (χ0v) is 21.7. The fraction of sp³-hybridized carbons (Fsp3) is 0.188. The summed E-state index contributed by atoms with van der Waals surface area (Å²) < 4.78 is 7.80. The minimum atomic E-state index is 0.0347. The van der Waals surface area contributed by atoms with Crippen molar-refractivity contribution in [3.63, 3.8) is 0 Å². The van der Waals surface area contributed by atoms with E-state index in [1.54, 1.807) is 23.5 Å². The van der Waals surface area contributed by atoms with Crippen LogP contribution < -0.4 is 10.9 Å². The van der Waals surface area contributed by atoms with Crippen molar-refractivity contribution in [1.82, 2.24) is 0 Å². The molecule has 36 heavy (non-hydrogen) atoms. The van der Waals surface area contributed by atoms with Gasteiger partial charge in [-0.1, -0.05) is 70.2 Å². The summed E-state index contributed by atoms with van der Waals surface area (Å²) in [6.45, 7) is 8.75. The van der Waals surface area contributed by atoms with Crippen LogP contribution in [0.4, 0.5) is 0 Å². The molecule has 2 aromatic heterocycles. The largest absolute Gasteiger partial charge is 0.456 e. The molecule has 3 nitrogen and oxygen atoms in total. The number of hydrogen-bond donors (Lipinski definition) is 0. The summed E-state index contributed by atoms with van der Waals surface area (Å²) in [5, 5.41) is 3.05. The van der Waals surface area contributed by atoms with Gasteiger partial charge in [0.2, 0.25) is 5.43 Å². The molecule has 0 saturated carbocycles. The van der Waals surface area contributed by atoms with Crippen LogP contribution in [0.2, 0.25) is 0 Å². The molecule has 0 aliphatic carbocycles. The fourth-order valence-corrected chi connectivity index (χ4v) is 5.90. The summed E-state index contributed by atoms with van der Waals surface area (Å²) in [5.74, 6) is 0.787. The smallest absolute Gasteiger partial charge is 0.200 e. The molecule has 0 fully saturated rings. The molecule has 0 N–H and O–H groups in total. The van der Waals surface area contributed by atoms with Crippen molar-refractivity contribution in [1.29, 1.82) is 0 Å². The van der Waals surface area contributed by atoms with Crippen molar-refractivity contribution in [2.24, 2.45) is 0 Å². The molecule has 0 saturated heterocycles.